The highest BCUT2D eigenvalue weighted by atomic mass is 79.9. The molecule has 2 aliphatic rings. The van der Waals surface area contributed by atoms with Gasteiger partial charge in [-0.3, -0.25) is 9.80 Å². The molecule has 10 heteroatoms. The van der Waals surface area contributed by atoms with Crippen molar-refractivity contribution in [1.29, 1.82) is 0 Å². The Morgan fingerprint density at radius 3 is 1.90 bits per heavy atom. The van der Waals surface area contributed by atoms with Crippen LogP contribution in [-0.2, 0) is 22.3 Å². The second kappa shape index (κ2) is 11.4. The van der Waals surface area contributed by atoms with Gasteiger partial charge in [0.25, 0.3) is 0 Å². The molecule has 0 bridgehead atoms. The number of benzene rings is 2. The molecule has 0 saturated carbocycles. The van der Waals surface area contributed by atoms with Gasteiger partial charge >= 0.3 is 12.2 Å². The second-order valence-electron chi connectivity index (χ2n) is 11.7. The standard InChI is InChI=1S/C17H20N4O2.C13H16BrNO2/c1-17(2,3)23-16(22)21-7-6-11-4-5-12(8-14(11)21)13-9-19-10-20-15(13)18;1-13(2,3)17-12(16)15-7-6-9-4-5-10(14)8-11(9)15/h4-5,8-10H,6-7H2,1-3H3,(H2,18,19,20);4-5,8H,6-7H2,1-3H3. The van der Waals surface area contributed by atoms with Crippen molar-refractivity contribution in [1.82, 2.24) is 9.97 Å². The van der Waals surface area contributed by atoms with Crippen LogP contribution in [0.2, 0.25) is 0 Å². The molecule has 3 heterocycles. The fraction of sp³-hybridized carbons (Fsp3) is 0.400. The van der Waals surface area contributed by atoms with E-state index in [1.165, 1.54) is 11.9 Å². The van der Waals surface area contributed by atoms with E-state index in [2.05, 4.69) is 25.9 Å². The molecule has 1 aromatic heterocycles. The molecule has 0 atom stereocenters. The monoisotopic (exact) mass is 609 g/mol. The van der Waals surface area contributed by atoms with Gasteiger partial charge in [0, 0.05) is 29.3 Å². The smallest absolute Gasteiger partial charge is 0.414 e. The van der Waals surface area contributed by atoms with Crippen LogP contribution in [0, 0.1) is 0 Å². The maximum Gasteiger partial charge on any atom is 0.414 e. The van der Waals surface area contributed by atoms with Gasteiger partial charge in [-0.1, -0.05) is 34.1 Å². The van der Waals surface area contributed by atoms with Gasteiger partial charge in [0.05, 0.1) is 11.4 Å². The summed E-state index contributed by atoms with van der Waals surface area (Å²) in [5.74, 6) is 0.418. The fourth-order valence-corrected chi connectivity index (χ4v) is 4.82. The van der Waals surface area contributed by atoms with Crippen molar-refractivity contribution in [2.75, 3.05) is 28.6 Å². The lowest BCUT2D eigenvalue weighted by atomic mass is 10.0. The molecular weight excluding hydrogens is 574 g/mol. The number of rotatable bonds is 1. The van der Waals surface area contributed by atoms with Crippen molar-refractivity contribution in [2.45, 2.75) is 65.6 Å². The minimum Gasteiger partial charge on any atom is -0.443 e. The number of nitrogens with two attached hydrogens (primary N) is 1. The summed E-state index contributed by atoms with van der Waals surface area (Å²) in [6.45, 7) is 12.5. The van der Waals surface area contributed by atoms with Crippen LogP contribution in [0.25, 0.3) is 11.1 Å². The summed E-state index contributed by atoms with van der Waals surface area (Å²) in [6.07, 6.45) is 4.20. The molecular formula is C30H36BrN5O4. The lowest BCUT2D eigenvalue weighted by Gasteiger charge is -2.25. The maximum absolute atomic E-state index is 12.4. The Morgan fingerprint density at radius 2 is 1.38 bits per heavy atom. The minimum atomic E-state index is -0.519. The third kappa shape index (κ3) is 7.10. The first-order chi connectivity index (χ1) is 18.7. The van der Waals surface area contributed by atoms with Gasteiger partial charge in [0.15, 0.2) is 0 Å². The van der Waals surface area contributed by atoms with Gasteiger partial charge in [0.1, 0.15) is 23.3 Å². The highest BCUT2D eigenvalue weighted by Gasteiger charge is 2.30. The molecule has 40 heavy (non-hydrogen) atoms. The molecule has 3 aromatic rings. The van der Waals surface area contributed by atoms with E-state index in [0.717, 1.165) is 45.4 Å². The molecule has 0 radical (unpaired) electrons. The van der Waals surface area contributed by atoms with E-state index in [4.69, 9.17) is 15.2 Å². The first-order valence-electron chi connectivity index (χ1n) is 13.2. The largest absolute Gasteiger partial charge is 0.443 e. The summed E-state index contributed by atoms with van der Waals surface area (Å²) >= 11 is 3.42. The van der Waals surface area contributed by atoms with Crippen LogP contribution in [0.5, 0.6) is 0 Å². The van der Waals surface area contributed by atoms with E-state index in [1.54, 1.807) is 16.0 Å². The van der Waals surface area contributed by atoms with Gasteiger partial charge in [-0.25, -0.2) is 19.6 Å². The Bertz CT molecular complexity index is 1410. The van der Waals surface area contributed by atoms with Crippen molar-refractivity contribution < 1.29 is 19.1 Å². The van der Waals surface area contributed by atoms with Crippen LogP contribution in [0.1, 0.15) is 52.7 Å². The Balaban J connectivity index is 0.000000194. The summed E-state index contributed by atoms with van der Waals surface area (Å²) in [5, 5.41) is 0. The fourth-order valence-electron chi connectivity index (χ4n) is 4.47. The molecule has 9 nitrogen and oxygen atoms in total. The topological polar surface area (TPSA) is 111 Å². The Hall–Kier alpha value is -3.66. The first kappa shape index (κ1) is 29.3. The number of nitrogen functional groups attached to an aromatic ring is 1. The zero-order chi connectivity index (χ0) is 29.2. The number of hydrogen-bond acceptors (Lipinski definition) is 7. The predicted octanol–water partition coefficient (Wildman–Crippen LogP) is 6.77. The number of halogens is 1. The number of carbonyl (C=O) groups is 2. The second-order valence-corrected chi connectivity index (χ2v) is 12.6. The van der Waals surface area contributed by atoms with Gasteiger partial charge in [-0.05, 0) is 89.3 Å². The average molecular weight is 611 g/mol. The van der Waals surface area contributed by atoms with E-state index >= 15 is 0 Å². The molecule has 5 rings (SSSR count). The third-order valence-electron chi connectivity index (χ3n) is 6.21. The molecule has 0 saturated heterocycles. The van der Waals surface area contributed by atoms with Crippen molar-refractivity contribution in [3.8, 4) is 11.1 Å². The van der Waals surface area contributed by atoms with E-state index in [0.29, 0.717) is 18.9 Å². The molecule has 0 spiro atoms. The molecule has 0 unspecified atom stereocenters. The number of nitrogens with zero attached hydrogens (tertiary/aromatic N) is 4. The van der Waals surface area contributed by atoms with E-state index in [-0.39, 0.29) is 12.2 Å². The number of carbonyl (C=O) groups excluding carboxylic acids is 2. The summed E-state index contributed by atoms with van der Waals surface area (Å²) in [6, 6.07) is 11.9. The van der Waals surface area contributed by atoms with Gasteiger partial charge < -0.3 is 15.2 Å². The van der Waals surface area contributed by atoms with E-state index in [9.17, 15) is 9.59 Å². The summed E-state index contributed by atoms with van der Waals surface area (Å²) < 4.78 is 11.9. The molecule has 2 N–H and O–H groups in total. The Morgan fingerprint density at radius 1 is 0.850 bits per heavy atom. The van der Waals surface area contributed by atoms with Crippen molar-refractivity contribution >= 4 is 45.3 Å². The summed E-state index contributed by atoms with van der Waals surface area (Å²) in [7, 11) is 0. The number of amides is 2. The van der Waals surface area contributed by atoms with Crippen LogP contribution in [0.4, 0.5) is 26.8 Å². The number of fused-ring (bicyclic) bond motifs is 2. The molecule has 0 fully saturated rings. The van der Waals surface area contributed by atoms with Gasteiger partial charge in [-0.15, -0.1) is 0 Å². The SMILES string of the molecule is CC(C)(C)OC(=O)N1CCc2ccc(-c3cncnc3N)cc21.CC(C)(C)OC(=O)N1CCc2ccc(Br)cc21. The third-order valence-corrected chi connectivity index (χ3v) is 6.70. The van der Waals surface area contributed by atoms with Crippen LogP contribution >= 0.6 is 15.9 Å². The number of hydrogen-bond donors (Lipinski definition) is 1. The highest BCUT2D eigenvalue weighted by molar-refractivity contribution is 9.10. The zero-order valence-corrected chi connectivity index (χ0v) is 25.4. The van der Waals surface area contributed by atoms with E-state index in [1.807, 2.05) is 77.9 Å². The van der Waals surface area contributed by atoms with Crippen LogP contribution in [0.3, 0.4) is 0 Å². The quantitative estimate of drug-likeness (QED) is 0.324. The molecule has 2 amide bonds. The predicted molar refractivity (Wildman–Crippen MR) is 161 cm³/mol. The van der Waals surface area contributed by atoms with Crippen LogP contribution in [0.15, 0.2) is 53.4 Å². The highest BCUT2D eigenvalue weighted by Crippen LogP contribution is 2.35. The molecule has 212 valence electrons. The maximum atomic E-state index is 12.4. The van der Waals surface area contributed by atoms with Gasteiger partial charge in [-0.2, -0.15) is 0 Å². The molecule has 0 aliphatic carbocycles. The van der Waals surface area contributed by atoms with Crippen LogP contribution < -0.4 is 15.5 Å². The summed E-state index contributed by atoms with van der Waals surface area (Å²) in [5.41, 5.74) is 10.7. The normalized spacial score (nSPS) is 14.2. The summed E-state index contributed by atoms with van der Waals surface area (Å²) in [4.78, 5) is 35.8. The Kier molecular flexibility index (Phi) is 8.39. The number of ether oxygens (including phenoxy) is 2. The van der Waals surface area contributed by atoms with Crippen LogP contribution in [-0.4, -0.2) is 46.4 Å². The number of aromatic nitrogens is 2. The lowest BCUT2D eigenvalue weighted by Crippen LogP contribution is -2.35. The van der Waals surface area contributed by atoms with Crippen molar-refractivity contribution in [3.05, 3.63) is 64.5 Å². The minimum absolute atomic E-state index is 0.269. The number of anilines is 3. The van der Waals surface area contributed by atoms with Crippen molar-refractivity contribution in [2.24, 2.45) is 0 Å². The first-order valence-corrected chi connectivity index (χ1v) is 14.0. The lowest BCUT2D eigenvalue weighted by molar-refractivity contribution is 0.0573. The van der Waals surface area contributed by atoms with Crippen molar-refractivity contribution in [3.63, 3.8) is 0 Å². The molecule has 2 aliphatic heterocycles. The average Bonchev–Trinajstić information content (AvgIpc) is 3.46. The van der Waals surface area contributed by atoms with E-state index < -0.39 is 11.2 Å². The molecule has 2 aromatic carbocycles. The zero-order valence-electron chi connectivity index (χ0n) is 23.8. The van der Waals surface area contributed by atoms with Gasteiger partial charge in [0.2, 0.25) is 0 Å². The Labute approximate surface area is 243 Å².